The van der Waals surface area contributed by atoms with Crippen molar-refractivity contribution in [2.24, 2.45) is 56.4 Å². The molecular formula is C101H116N12+4. The molecule has 0 unspecified atom stereocenters. The molecule has 0 saturated carbocycles. The highest BCUT2D eigenvalue weighted by molar-refractivity contribution is 6.07. The fraction of sp³-hybridized carbons (Fsp3) is 0.307. The summed E-state index contributed by atoms with van der Waals surface area (Å²) in [6.45, 7) is 42.2. The third-order valence-corrected chi connectivity index (χ3v) is 24.7. The van der Waals surface area contributed by atoms with Crippen molar-refractivity contribution in [3.63, 3.8) is 0 Å². The zero-order valence-electron chi connectivity index (χ0n) is 72.1. The Morgan fingerprint density at radius 2 is 0.841 bits per heavy atom. The van der Waals surface area contributed by atoms with Gasteiger partial charge in [-0.2, -0.15) is 0 Å². The van der Waals surface area contributed by atoms with Crippen LogP contribution in [0.2, 0.25) is 0 Å². The molecule has 0 fully saturated rings. The SMILES string of the molecule is Cc1cccc(C)c1-c1ccc(-c2cccc(-c3nc(C)c(C)n3C)c2C)[n+](C)c1.Cc1cn(C)c(-c2ccc3c(c2C)-c2c(ccc[n+]2C)C(C)(C)C3(C)C)n1.Cc1cn(C)c(-c2ccc3ccc4ccc[n+](C)c4c3c2C)n1.Cc1cn(C)c(-c2cccc(-c3cc(-c4c(C(C)C)cccc4C(C)C)cc[n+]3C)c2C)n1. The molecule has 8 heterocycles. The number of hydrogen-bond donors (Lipinski definition) is 0. The molecule has 0 N–H and O–H groups in total. The summed E-state index contributed by atoms with van der Waals surface area (Å²) in [5, 5.41) is 3.84. The van der Waals surface area contributed by atoms with Crippen LogP contribution in [0, 0.1) is 76.2 Å². The Hall–Kier alpha value is -11.5. The summed E-state index contributed by atoms with van der Waals surface area (Å²) in [4.78, 5) is 19.1. The second kappa shape index (κ2) is 31.2. The van der Waals surface area contributed by atoms with Crippen LogP contribution in [-0.2, 0) is 67.2 Å². The van der Waals surface area contributed by atoms with Crippen molar-refractivity contribution in [3.8, 4) is 102 Å². The quantitative estimate of drug-likeness (QED) is 0.101. The zero-order valence-corrected chi connectivity index (χ0v) is 72.1. The number of pyridine rings is 4. The summed E-state index contributed by atoms with van der Waals surface area (Å²) in [6.07, 6.45) is 15.0. The van der Waals surface area contributed by atoms with Gasteiger partial charge in [0.05, 0.1) is 33.7 Å². The monoisotopic (exact) mass is 1500 g/mol. The van der Waals surface area contributed by atoms with E-state index >= 15 is 0 Å². The number of aryl methyl sites for hydroxylation is 14. The lowest BCUT2D eigenvalue weighted by atomic mass is 9.55. The van der Waals surface area contributed by atoms with Crippen molar-refractivity contribution in [2.45, 2.75) is 154 Å². The maximum absolute atomic E-state index is 4.83. The van der Waals surface area contributed by atoms with E-state index in [9.17, 15) is 0 Å². The summed E-state index contributed by atoms with van der Waals surface area (Å²) in [5.41, 5.74) is 37.8. The van der Waals surface area contributed by atoms with Crippen LogP contribution in [-0.4, -0.2) is 38.2 Å². The molecule has 7 aromatic carbocycles. The Kier molecular flexibility index (Phi) is 22.0. The van der Waals surface area contributed by atoms with Crippen LogP contribution in [0.5, 0.6) is 0 Å². The molecule has 8 aromatic heterocycles. The van der Waals surface area contributed by atoms with E-state index < -0.39 is 0 Å². The van der Waals surface area contributed by atoms with Gasteiger partial charge in [0, 0.05) is 138 Å². The van der Waals surface area contributed by atoms with Crippen LogP contribution >= 0.6 is 0 Å². The van der Waals surface area contributed by atoms with Crippen LogP contribution in [0.4, 0.5) is 0 Å². The minimum atomic E-state index is 0.0323. The zero-order chi connectivity index (χ0) is 81.3. The predicted molar refractivity (Wildman–Crippen MR) is 468 cm³/mol. The van der Waals surface area contributed by atoms with Gasteiger partial charge < -0.3 is 18.3 Å². The van der Waals surface area contributed by atoms with Crippen molar-refractivity contribution in [1.82, 2.24) is 38.2 Å². The van der Waals surface area contributed by atoms with Crippen LogP contribution in [0.1, 0.15) is 151 Å². The average molecular weight is 1500 g/mol. The Labute approximate surface area is 671 Å². The molecule has 0 amide bonds. The number of benzene rings is 7. The lowest BCUT2D eigenvalue weighted by Crippen LogP contribution is -2.48. The van der Waals surface area contributed by atoms with Crippen molar-refractivity contribution < 1.29 is 18.3 Å². The van der Waals surface area contributed by atoms with Gasteiger partial charge in [0.25, 0.3) is 0 Å². The first-order valence-electron chi connectivity index (χ1n) is 40.0. The van der Waals surface area contributed by atoms with Gasteiger partial charge in [0.2, 0.25) is 22.6 Å². The van der Waals surface area contributed by atoms with Crippen LogP contribution < -0.4 is 18.3 Å². The van der Waals surface area contributed by atoms with Gasteiger partial charge in [-0.1, -0.05) is 146 Å². The second-order valence-corrected chi connectivity index (χ2v) is 33.5. The molecule has 0 radical (unpaired) electrons. The smallest absolute Gasteiger partial charge is 0.220 e. The predicted octanol–water partition coefficient (Wildman–Crippen LogP) is 21.5. The van der Waals surface area contributed by atoms with Gasteiger partial charge in [0.1, 0.15) is 51.5 Å². The topological polar surface area (TPSA) is 86.8 Å². The minimum Gasteiger partial charge on any atom is -0.334 e. The summed E-state index contributed by atoms with van der Waals surface area (Å²) in [6, 6.07) is 57.6. The van der Waals surface area contributed by atoms with Crippen molar-refractivity contribution in [1.29, 1.82) is 0 Å². The molecule has 0 atom stereocenters. The minimum absolute atomic E-state index is 0.0323. The number of imidazole rings is 4. The van der Waals surface area contributed by atoms with E-state index in [0.29, 0.717) is 11.8 Å². The van der Waals surface area contributed by atoms with E-state index in [1.807, 2.05) is 13.8 Å². The highest BCUT2D eigenvalue weighted by Gasteiger charge is 2.50. The van der Waals surface area contributed by atoms with Gasteiger partial charge in [-0.25, -0.2) is 38.2 Å². The molecule has 1 aliphatic carbocycles. The molecule has 0 saturated heterocycles. The van der Waals surface area contributed by atoms with E-state index in [1.54, 1.807) is 0 Å². The van der Waals surface area contributed by atoms with Gasteiger partial charge in [-0.3, -0.25) is 0 Å². The summed E-state index contributed by atoms with van der Waals surface area (Å²) >= 11 is 0. The normalized spacial score (nSPS) is 12.7. The highest BCUT2D eigenvalue weighted by Crippen LogP contribution is 2.55. The second-order valence-electron chi connectivity index (χ2n) is 33.5. The molecule has 1 aliphatic rings. The Morgan fingerprint density at radius 3 is 1.38 bits per heavy atom. The maximum atomic E-state index is 4.83. The molecule has 0 aliphatic heterocycles. The lowest BCUT2D eigenvalue weighted by Gasteiger charge is -2.47. The first kappa shape index (κ1) is 79.6. The molecular weight excluding hydrogens is 1380 g/mol. The standard InChI is InChI=1S/C30H36N3.C27H30N3.C24H30N3.C20H20N3/c1-19(2)24-11-9-12-25(20(3)4)29(24)23-15-16-32(7)28(17-23)26-13-10-14-27(22(26)6)30-31-21(5)18-33(30)8;1-17-10-8-11-18(2)26(17)22-14-15-25(29(6)16-22)23-12-9-13-24(19(23)3)27-28-20(4)21(5)30(27)7;1-15-14-27(8)22(25-15)17-11-12-18-20(16(17)2)21-19(10-9-13-26(21)7)24(5,6)23(18,3)4;1-13-12-23(4)20(21-13)17-10-9-15-7-8-16-6-5-11-22(3)19(16)18(15)14(17)2/h9-20H,1-8H3;8-16H,1-7H3;9-14H,1-8H3;5-12H,1-4H3/q4*+1. The average Bonchev–Trinajstić information content (AvgIpc) is 1.18. The van der Waals surface area contributed by atoms with E-state index in [0.717, 1.165) is 46.1 Å². The molecule has 16 rings (SSSR count). The maximum Gasteiger partial charge on any atom is 0.220 e. The van der Waals surface area contributed by atoms with Crippen LogP contribution in [0.25, 0.3) is 123 Å². The Bertz CT molecular complexity index is 6150. The summed E-state index contributed by atoms with van der Waals surface area (Å²) in [5.74, 6) is 5.03. The van der Waals surface area contributed by atoms with Gasteiger partial charge in [0.15, 0.2) is 24.8 Å². The number of fused-ring (bicyclic) bond motifs is 6. The largest absolute Gasteiger partial charge is 0.334 e. The molecule has 15 aromatic rings. The molecule has 113 heavy (non-hydrogen) atoms. The van der Waals surface area contributed by atoms with Crippen molar-refractivity contribution >= 4 is 21.7 Å². The molecule has 12 nitrogen and oxygen atoms in total. The number of rotatable bonds is 10. The van der Waals surface area contributed by atoms with E-state index in [2.05, 4.69) is 412 Å². The molecule has 0 bridgehead atoms. The van der Waals surface area contributed by atoms with Crippen molar-refractivity contribution in [3.05, 3.63) is 285 Å². The van der Waals surface area contributed by atoms with Crippen molar-refractivity contribution in [2.75, 3.05) is 0 Å². The molecule has 576 valence electrons. The van der Waals surface area contributed by atoms with Gasteiger partial charge in [-0.15, -0.1) is 0 Å². The third kappa shape index (κ3) is 14.6. The summed E-state index contributed by atoms with van der Waals surface area (Å²) in [7, 11) is 16.8. The van der Waals surface area contributed by atoms with Gasteiger partial charge >= 0.3 is 0 Å². The van der Waals surface area contributed by atoms with Crippen LogP contribution in [0.3, 0.4) is 0 Å². The Morgan fingerprint density at radius 1 is 0.363 bits per heavy atom. The fourth-order valence-corrected chi connectivity index (χ4v) is 17.6. The molecule has 0 spiro atoms. The van der Waals surface area contributed by atoms with Crippen LogP contribution in [0.15, 0.2) is 201 Å². The Balaban J connectivity index is 0.000000133. The fourth-order valence-electron chi connectivity index (χ4n) is 17.6. The first-order chi connectivity index (χ1) is 53.6. The highest BCUT2D eigenvalue weighted by atomic mass is 15.1. The lowest BCUT2D eigenvalue weighted by molar-refractivity contribution is -0.661. The number of hydrogen-bond acceptors (Lipinski definition) is 4. The number of nitrogens with zero attached hydrogens (tertiary/aromatic N) is 12. The van der Waals surface area contributed by atoms with E-state index in [4.69, 9.17) is 19.9 Å². The summed E-state index contributed by atoms with van der Waals surface area (Å²) < 4.78 is 17.5. The first-order valence-corrected chi connectivity index (χ1v) is 40.0. The van der Waals surface area contributed by atoms with E-state index in [1.165, 1.54) is 161 Å². The third-order valence-electron chi connectivity index (χ3n) is 24.7. The molecule has 12 heteroatoms. The van der Waals surface area contributed by atoms with E-state index in [-0.39, 0.29) is 10.8 Å². The number of aromatic nitrogens is 12. The van der Waals surface area contributed by atoms with Gasteiger partial charge in [-0.05, 0) is 202 Å².